The van der Waals surface area contributed by atoms with Crippen LogP contribution in [-0.2, 0) is 52.5 Å². The molecule has 0 heterocycles. The van der Waals surface area contributed by atoms with Gasteiger partial charge in [-0.25, -0.2) is 4.79 Å². The van der Waals surface area contributed by atoms with E-state index >= 15 is 0 Å². The summed E-state index contributed by atoms with van der Waals surface area (Å²) in [6.07, 6.45) is 21.8. The van der Waals surface area contributed by atoms with Gasteiger partial charge in [0, 0.05) is 45.4 Å². The molecule has 0 spiro atoms. The fraction of sp³-hybridized carbons (Fsp3) is 0.848. The number of Topliss-reactive ketones (excluding diaryl/α,β-unsaturated/α-hetero) is 1. The smallest absolute Gasteiger partial charge is 0.326 e. The van der Waals surface area contributed by atoms with Crippen molar-refractivity contribution in [3.8, 4) is 0 Å². The van der Waals surface area contributed by atoms with Gasteiger partial charge in [0.1, 0.15) is 25.0 Å². The molecule has 0 unspecified atom stereocenters. The van der Waals surface area contributed by atoms with E-state index < -0.39 is 23.9 Å². The van der Waals surface area contributed by atoms with Crippen LogP contribution in [-0.4, -0.2) is 129 Å². The highest BCUT2D eigenvalue weighted by Gasteiger charge is 2.21. The lowest BCUT2D eigenvalue weighted by atomic mass is 9.99. The Morgan fingerprint density at radius 1 is 0.429 bits per heavy atom. The molecule has 366 valence electrons. The number of amides is 3. The molecule has 3 amide bonds. The minimum absolute atomic E-state index is 0.0366. The van der Waals surface area contributed by atoms with E-state index in [0.29, 0.717) is 45.3 Å². The first kappa shape index (κ1) is 59.3. The molecule has 0 rings (SSSR count). The molecule has 17 nitrogen and oxygen atoms in total. The third-order valence-electron chi connectivity index (χ3n) is 10.6. The molecule has 0 aliphatic carbocycles. The number of nitrogens with one attached hydrogen (secondary N) is 3. The van der Waals surface area contributed by atoms with Crippen molar-refractivity contribution >= 4 is 41.4 Å². The summed E-state index contributed by atoms with van der Waals surface area (Å²) in [7, 11) is 0. The lowest BCUT2D eigenvalue weighted by Crippen LogP contribution is -2.41. The van der Waals surface area contributed by atoms with Gasteiger partial charge in [0.2, 0.25) is 17.7 Å². The predicted molar refractivity (Wildman–Crippen MR) is 238 cm³/mol. The number of aliphatic carboxylic acids is 3. The van der Waals surface area contributed by atoms with E-state index in [9.17, 15) is 38.7 Å². The first-order chi connectivity index (χ1) is 30.5. The Morgan fingerprint density at radius 3 is 1.40 bits per heavy atom. The van der Waals surface area contributed by atoms with Crippen LogP contribution in [0.3, 0.4) is 0 Å². The number of carboxylic acid groups (broad SMARTS) is 3. The number of ether oxygens (including phenoxy) is 4. The molecule has 2 atom stereocenters. The molecule has 0 aliphatic rings. The molecule has 0 fully saturated rings. The predicted octanol–water partition coefficient (Wildman–Crippen LogP) is 6.37. The molecular formula is C46H83N3O14. The summed E-state index contributed by atoms with van der Waals surface area (Å²) in [5.74, 6) is -3.96. The van der Waals surface area contributed by atoms with Gasteiger partial charge >= 0.3 is 17.9 Å². The minimum atomic E-state index is -1.15. The Hall–Kier alpha value is -3.67. The average Bonchev–Trinajstić information content (AvgIpc) is 3.24. The number of carbonyl (C=O) groups excluding carboxylic acids is 4. The van der Waals surface area contributed by atoms with Crippen molar-refractivity contribution in [1.29, 1.82) is 0 Å². The summed E-state index contributed by atoms with van der Waals surface area (Å²) in [5, 5.41) is 35.2. The normalized spacial score (nSPS) is 12.1. The zero-order chi connectivity index (χ0) is 46.6. The first-order valence-corrected chi connectivity index (χ1v) is 23.8. The van der Waals surface area contributed by atoms with Crippen LogP contribution in [0, 0.1) is 5.92 Å². The van der Waals surface area contributed by atoms with Gasteiger partial charge in [0.25, 0.3) is 0 Å². The van der Waals surface area contributed by atoms with Gasteiger partial charge in [-0.1, -0.05) is 103 Å². The van der Waals surface area contributed by atoms with Gasteiger partial charge in [-0.15, -0.1) is 0 Å². The number of ketones is 1. The van der Waals surface area contributed by atoms with Crippen molar-refractivity contribution in [2.75, 3.05) is 65.9 Å². The maximum absolute atomic E-state index is 12.4. The zero-order valence-electron chi connectivity index (χ0n) is 38.4. The SMILES string of the molecule is CC[C@@H](CCCCNC(=O)COCCOCCNC(=O)COCCOCCCC(=O)CC[C@H](NC(=O)CCCCCCCCCCCCCCCCCCC(=O)O)C(=O)O)C(=O)O. The molecule has 63 heavy (non-hydrogen) atoms. The van der Waals surface area contributed by atoms with Crippen molar-refractivity contribution in [1.82, 2.24) is 16.0 Å². The van der Waals surface area contributed by atoms with Crippen molar-refractivity contribution in [2.24, 2.45) is 5.92 Å². The maximum atomic E-state index is 12.4. The van der Waals surface area contributed by atoms with Crippen LogP contribution in [0.15, 0.2) is 0 Å². The second-order valence-electron chi connectivity index (χ2n) is 16.2. The van der Waals surface area contributed by atoms with E-state index in [2.05, 4.69) is 16.0 Å². The number of hydrogen-bond acceptors (Lipinski definition) is 11. The lowest BCUT2D eigenvalue weighted by molar-refractivity contribution is -0.142. The topological polar surface area (TPSA) is 253 Å². The van der Waals surface area contributed by atoms with E-state index in [0.717, 1.165) is 44.9 Å². The highest BCUT2D eigenvalue weighted by Crippen LogP contribution is 2.15. The number of carbonyl (C=O) groups is 7. The molecule has 0 radical (unpaired) electrons. The van der Waals surface area contributed by atoms with Crippen LogP contribution >= 0.6 is 0 Å². The molecule has 0 aromatic rings. The average molecular weight is 902 g/mol. The fourth-order valence-electron chi connectivity index (χ4n) is 6.74. The van der Waals surface area contributed by atoms with Crippen LogP contribution in [0.5, 0.6) is 0 Å². The van der Waals surface area contributed by atoms with Gasteiger partial charge in [-0.05, 0) is 44.9 Å². The lowest BCUT2D eigenvalue weighted by Gasteiger charge is -2.14. The summed E-state index contributed by atoms with van der Waals surface area (Å²) >= 11 is 0. The Labute approximate surface area is 376 Å². The van der Waals surface area contributed by atoms with Gasteiger partial charge in [-0.3, -0.25) is 28.8 Å². The van der Waals surface area contributed by atoms with Crippen LogP contribution in [0.2, 0.25) is 0 Å². The van der Waals surface area contributed by atoms with E-state index in [-0.39, 0.29) is 114 Å². The Morgan fingerprint density at radius 2 is 0.905 bits per heavy atom. The third-order valence-corrected chi connectivity index (χ3v) is 10.6. The summed E-state index contributed by atoms with van der Waals surface area (Å²) < 4.78 is 21.4. The Kier molecular flexibility index (Phi) is 41.0. The zero-order valence-corrected chi connectivity index (χ0v) is 38.4. The molecule has 6 N–H and O–H groups in total. The minimum Gasteiger partial charge on any atom is -0.481 e. The molecular weight excluding hydrogens is 819 g/mol. The van der Waals surface area contributed by atoms with Crippen LogP contribution < -0.4 is 16.0 Å². The monoisotopic (exact) mass is 902 g/mol. The quantitative estimate of drug-likeness (QED) is 0.0363. The maximum Gasteiger partial charge on any atom is 0.326 e. The Bertz CT molecular complexity index is 1220. The van der Waals surface area contributed by atoms with E-state index in [1.807, 2.05) is 6.92 Å². The second kappa shape index (κ2) is 43.6. The third kappa shape index (κ3) is 42.1. The summed E-state index contributed by atoms with van der Waals surface area (Å²) in [6, 6.07) is -1.10. The highest BCUT2D eigenvalue weighted by atomic mass is 16.5. The van der Waals surface area contributed by atoms with E-state index in [4.69, 9.17) is 29.2 Å². The van der Waals surface area contributed by atoms with E-state index in [1.165, 1.54) is 57.8 Å². The van der Waals surface area contributed by atoms with Gasteiger partial charge in [0.05, 0.1) is 39.0 Å². The summed E-state index contributed by atoms with van der Waals surface area (Å²) in [4.78, 5) is 81.6. The van der Waals surface area contributed by atoms with Crippen molar-refractivity contribution in [3.05, 3.63) is 0 Å². The number of unbranched alkanes of at least 4 members (excludes halogenated alkanes) is 16. The van der Waals surface area contributed by atoms with Crippen LogP contribution in [0.25, 0.3) is 0 Å². The highest BCUT2D eigenvalue weighted by molar-refractivity contribution is 5.84. The molecule has 0 aromatic heterocycles. The molecule has 0 aromatic carbocycles. The molecule has 0 bridgehead atoms. The number of hydrogen-bond donors (Lipinski definition) is 6. The van der Waals surface area contributed by atoms with Gasteiger partial charge < -0.3 is 50.2 Å². The Balaban J connectivity index is 3.64. The fourth-order valence-corrected chi connectivity index (χ4v) is 6.74. The number of rotatable bonds is 48. The summed E-state index contributed by atoms with van der Waals surface area (Å²) in [5.41, 5.74) is 0. The molecule has 0 saturated heterocycles. The van der Waals surface area contributed by atoms with Crippen molar-refractivity contribution in [2.45, 2.75) is 180 Å². The molecule has 0 saturated carbocycles. The van der Waals surface area contributed by atoms with Crippen LogP contribution in [0.1, 0.15) is 174 Å². The standard InChI is InChI=1S/C46H83N3O14/c1-2-38(45(56)57)22-19-20-28-47-42(52)36-63-35-33-61-31-29-48-43(53)37-62-34-32-60-30-21-23-39(50)26-27-40(46(58)59)49-41(51)24-17-15-13-11-9-7-5-3-4-6-8-10-12-14-16-18-25-44(54)55/h38,40H,2-37H2,1H3,(H,47,52)(H,48,53)(H,49,51)(H,54,55)(H,56,57)(H,58,59)/t38-,40-/m0/s1. The second-order valence-corrected chi connectivity index (χ2v) is 16.2. The molecule has 0 aliphatic heterocycles. The molecule has 17 heteroatoms. The summed E-state index contributed by atoms with van der Waals surface area (Å²) in [6.45, 7) is 3.82. The van der Waals surface area contributed by atoms with Crippen LogP contribution in [0.4, 0.5) is 0 Å². The van der Waals surface area contributed by atoms with Gasteiger partial charge in [-0.2, -0.15) is 0 Å². The number of carboxylic acids is 3. The van der Waals surface area contributed by atoms with Gasteiger partial charge in [0.15, 0.2) is 0 Å². The first-order valence-electron chi connectivity index (χ1n) is 23.8. The van der Waals surface area contributed by atoms with Crippen molar-refractivity contribution in [3.63, 3.8) is 0 Å². The van der Waals surface area contributed by atoms with Crippen molar-refractivity contribution < 1.29 is 67.8 Å². The van der Waals surface area contributed by atoms with E-state index in [1.54, 1.807) is 0 Å². The largest absolute Gasteiger partial charge is 0.481 e.